The number of nitrogens with zero attached hydrogens (tertiary/aromatic N) is 2. The highest BCUT2D eigenvalue weighted by Crippen LogP contribution is 2.28. The molecule has 1 saturated heterocycles. The summed E-state index contributed by atoms with van der Waals surface area (Å²) < 4.78 is 0.976. The summed E-state index contributed by atoms with van der Waals surface area (Å²) in [6.07, 6.45) is 2.80. The predicted molar refractivity (Wildman–Crippen MR) is 69.9 cm³/mol. The Balaban J connectivity index is 2.20. The summed E-state index contributed by atoms with van der Waals surface area (Å²) in [4.78, 5) is 12.9. The van der Waals surface area contributed by atoms with Crippen LogP contribution < -0.4 is 4.90 Å². The maximum absolute atomic E-state index is 10.7. The van der Waals surface area contributed by atoms with Crippen molar-refractivity contribution in [2.75, 3.05) is 18.0 Å². The fourth-order valence-corrected chi connectivity index (χ4v) is 2.49. The molecule has 17 heavy (non-hydrogen) atoms. The van der Waals surface area contributed by atoms with Gasteiger partial charge in [0, 0.05) is 23.5 Å². The zero-order valence-electron chi connectivity index (χ0n) is 9.40. The van der Waals surface area contributed by atoms with E-state index in [1.165, 1.54) is 0 Å². The number of rotatable bonds is 2. The predicted octanol–water partition coefficient (Wildman–Crippen LogP) is 2.74. The first-order valence-corrected chi connectivity index (χ1v) is 6.44. The number of hydrogen-bond acceptors (Lipinski definition) is 3. The third kappa shape index (κ3) is 2.67. The van der Waals surface area contributed by atoms with E-state index in [1.54, 1.807) is 0 Å². The number of benzene rings is 1. The lowest BCUT2D eigenvalue weighted by Gasteiger charge is -2.32. The first-order valence-electron chi connectivity index (χ1n) is 5.64. The molecule has 1 aliphatic rings. The molecule has 0 unspecified atom stereocenters. The van der Waals surface area contributed by atoms with Crippen LogP contribution >= 0.6 is 15.9 Å². The van der Waals surface area contributed by atoms with Gasteiger partial charge in [0.1, 0.15) is 12.4 Å². The maximum atomic E-state index is 10.7. The number of nitriles is 1. The zero-order valence-corrected chi connectivity index (χ0v) is 11.0. The molecule has 1 heterocycles. The van der Waals surface area contributed by atoms with Crippen molar-refractivity contribution in [2.24, 2.45) is 5.92 Å². The molecule has 1 fully saturated rings. The molecule has 1 aromatic carbocycles. The fraction of sp³-hybridized carbons (Fsp3) is 0.385. The Hall–Kier alpha value is -1.34. The molecular formula is C13H13BrN2O. The lowest BCUT2D eigenvalue weighted by atomic mass is 9.97. The third-order valence-corrected chi connectivity index (χ3v) is 3.65. The van der Waals surface area contributed by atoms with E-state index in [0.717, 1.165) is 42.4 Å². The third-order valence-electron chi connectivity index (χ3n) is 3.15. The van der Waals surface area contributed by atoms with E-state index >= 15 is 0 Å². The number of halogens is 1. The van der Waals surface area contributed by atoms with E-state index in [2.05, 4.69) is 26.9 Å². The smallest absolute Gasteiger partial charge is 0.123 e. The van der Waals surface area contributed by atoms with Crippen molar-refractivity contribution in [1.82, 2.24) is 0 Å². The quantitative estimate of drug-likeness (QED) is 0.788. The van der Waals surface area contributed by atoms with E-state index < -0.39 is 0 Å². The van der Waals surface area contributed by atoms with Crippen LogP contribution in [0.2, 0.25) is 0 Å². The maximum Gasteiger partial charge on any atom is 0.123 e. The summed E-state index contributed by atoms with van der Waals surface area (Å²) in [6.45, 7) is 1.68. The Labute approximate surface area is 109 Å². The zero-order chi connectivity index (χ0) is 12.3. The van der Waals surface area contributed by atoms with Crippen molar-refractivity contribution >= 4 is 27.9 Å². The van der Waals surface area contributed by atoms with Gasteiger partial charge in [-0.2, -0.15) is 5.26 Å². The Morgan fingerprint density at radius 2 is 2.12 bits per heavy atom. The lowest BCUT2D eigenvalue weighted by Crippen LogP contribution is -2.34. The van der Waals surface area contributed by atoms with Crippen molar-refractivity contribution in [2.45, 2.75) is 12.8 Å². The SMILES string of the molecule is N#Cc1ccc(Br)cc1N1CCC(C=O)CC1. The Bertz CT molecular complexity index is 459. The number of carbonyl (C=O) groups excluding carboxylic acids is 1. The highest BCUT2D eigenvalue weighted by atomic mass is 79.9. The molecule has 3 nitrogen and oxygen atoms in total. The summed E-state index contributed by atoms with van der Waals surface area (Å²) in [5, 5.41) is 9.09. The summed E-state index contributed by atoms with van der Waals surface area (Å²) in [5.41, 5.74) is 1.66. The molecule has 0 radical (unpaired) electrons. The van der Waals surface area contributed by atoms with Crippen molar-refractivity contribution in [3.05, 3.63) is 28.2 Å². The minimum atomic E-state index is 0.184. The van der Waals surface area contributed by atoms with Gasteiger partial charge in [0.2, 0.25) is 0 Å². The Morgan fingerprint density at radius 1 is 1.41 bits per heavy atom. The van der Waals surface area contributed by atoms with Crippen LogP contribution in [0.3, 0.4) is 0 Å². The van der Waals surface area contributed by atoms with Gasteiger partial charge in [-0.3, -0.25) is 0 Å². The molecule has 88 valence electrons. The van der Waals surface area contributed by atoms with Crippen LogP contribution in [0, 0.1) is 17.2 Å². The van der Waals surface area contributed by atoms with Gasteiger partial charge in [-0.05, 0) is 31.0 Å². The normalized spacial score (nSPS) is 16.6. The molecule has 0 saturated carbocycles. The van der Waals surface area contributed by atoms with Gasteiger partial charge >= 0.3 is 0 Å². The highest BCUT2D eigenvalue weighted by molar-refractivity contribution is 9.10. The average molecular weight is 293 g/mol. The van der Waals surface area contributed by atoms with Gasteiger partial charge in [-0.25, -0.2) is 0 Å². The van der Waals surface area contributed by atoms with E-state index in [9.17, 15) is 4.79 Å². The number of aldehydes is 1. The van der Waals surface area contributed by atoms with Crippen LogP contribution in [0.15, 0.2) is 22.7 Å². The minimum absolute atomic E-state index is 0.184. The molecule has 0 spiro atoms. The first kappa shape index (κ1) is 12.1. The van der Waals surface area contributed by atoms with Gasteiger partial charge in [0.05, 0.1) is 11.3 Å². The molecule has 0 aliphatic carbocycles. The molecule has 1 aliphatic heterocycles. The molecule has 2 rings (SSSR count). The van der Waals surface area contributed by atoms with E-state index in [1.807, 2.05) is 18.2 Å². The van der Waals surface area contributed by atoms with E-state index in [4.69, 9.17) is 5.26 Å². The topological polar surface area (TPSA) is 44.1 Å². The number of piperidine rings is 1. The lowest BCUT2D eigenvalue weighted by molar-refractivity contribution is -0.111. The van der Waals surface area contributed by atoms with Crippen LogP contribution in [0.4, 0.5) is 5.69 Å². The Morgan fingerprint density at radius 3 is 2.71 bits per heavy atom. The summed E-state index contributed by atoms with van der Waals surface area (Å²) >= 11 is 3.43. The highest BCUT2D eigenvalue weighted by Gasteiger charge is 2.20. The van der Waals surface area contributed by atoms with E-state index in [0.29, 0.717) is 5.56 Å². The Kier molecular flexibility index (Phi) is 3.80. The van der Waals surface area contributed by atoms with Crippen molar-refractivity contribution < 1.29 is 4.79 Å². The van der Waals surface area contributed by atoms with Gasteiger partial charge in [-0.15, -0.1) is 0 Å². The first-order chi connectivity index (χ1) is 8.24. The molecular weight excluding hydrogens is 280 g/mol. The molecule has 0 aromatic heterocycles. The van der Waals surface area contributed by atoms with Crippen molar-refractivity contribution in [3.8, 4) is 6.07 Å². The second-order valence-electron chi connectivity index (χ2n) is 4.23. The number of hydrogen-bond donors (Lipinski definition) is 0. The van der Waals surface area contributed by atoms with Crippen LogP contribution in [0.5, 0.6) is 0 Å². The minimum Gasteiger partial charge on any atom is -0.370 e. The van der Waals surface area contributed by atoms with Crippen LogP contribution in [0.25, 0.3) is 0 Å². The second-order valence-corrected chi connectivity index (χ2v) is 5.15. The van der Waals surface area contributed by atoms with Crippen LogP contribution in [-0.4, -0.2) is 19.4 Å². The van der Waals surface area contributed by atoms with Crippen LogP contribution in [-0.2, 0) is 4.79 Å². The molecule has 0 atom stereocenters. The summed E-state index contributed by atoms with van der Waals surface area (Å²) in [5.74, 6) is 0.184. The van der Waals surface area contributed by atoms with E-state index in [-0.39, 0.29) is 5.92 Å². The second kappa shape index (κ2) is 5.33. The summed E-state index contributed by atoms with van der Waals surface area (Å²) in [6, 6.07) is 7.89. The van der Waals surface area contributed by atoms with Gasteiger partial charge in [0.25, 0.3) is 0 Å². The standard InChI is InChI=1S/C13H13BrN2O/c14-12-2-1-11(8-15)13(7-12)16-5-3-10(9-17)4-6-16/h1-2,7,9-10H,3-6H2. The monoisotopic (exact) mass is 292 g/mol. The summed E-state index contributed by atoms with van der Waals surface area (Å²) in [7, 11) is 0. The van der Waals surface area contributed by atoms with Gasteiger partial charge in [-0.1, -0.05) is 15.9 Å². The van der Waals surface area contributed by atoms with Crippen LogP contribution in [0.1, 0.15) is 18.4 Å². The largest absolute Gasteiger partial charge is 0.370 e. The van der Waals surface area contributed by atoms with Crippen molar-refractivity contribution in [1.29, 1.82) is 5.26 Å². The van der Waals surface area contributed by atoms with Gasteiger partial charge < -0.3 is 9.69 Å². The molecule has 0 amide bonds. The molecule has 0 bridgehead atoms. The molecule has 1 aromatic rings. The van der Waals surface area contributed by atoms with Gasteiger partial charge in [0.15, 0.2) is 0 Å². The fourth-order valence-electron chi connectivity index (χ4n) is 2.14. The average Bonchev–Trinajstić information content (AvgIpc) is 2.39. The molecule has 4 heteroatoms. The molecule has 0 N–H and O–H groups in total. The number of carbonyl (C=O) groups is 1. The van der Waals surface area contributed by atoms with Crippen molar-refractivity contribution in [3.63, 3.8) is 0 Å². The number of anilines is 1.